The van der Waals surface area contributed by atoms with E-state index in [0.29, 0.717) is 55.8 Å². The van der Waals surface area contributed by atoms with Crippen molar-refractivity contribution in [2.75, 3.05) is 46.4 Å². The van der Waals surface area contributed by atoms with Crippen LogP contribution in [0.2, 0.25) is 0 Å². The Bertz CT molecular complexity index is 1540. The van der Waals surface area contributed by atoms with E-state index in [1.165, 1.54) is 11.4 Å². The van der Waals surface area contributed by atoms with Gasteiger partial charge in [-0.15, -0.1) is 0 Å². The minimum atomic E-state index is -1.11. The minimum Gasteiger partial charge on any atom is -0.461 e. The largest absolute Gasteiger partial charge is 0.461 e. The molecule has 222 valence electrons. The number of para-hydroxylation sites is 1. The SMILES string of the molecule is COCCOC(=O)C1(OCCOC)CCC(c2nc3c(-c4cnn(-c5ccccc5)c4)cnn3c(N)c2C(C)=O)CC1. The third-order valence-electron chi connectivity index (χ3n) is 7.72. The number of benzene rings is 1. The average Bonchev–Trinajstić information content (AvgIpc) is 3.66. The lowest BCUT2D eigenvalue weighted by molar-refractivity contribution is -0.180. The molecule has 1 saturated carbocycles. The molecule has 0 aliphatic heterocycles. The number of ketones is 1. The molecule has 4 aromatic rings. The Hall–Kier alpha value is -4.13. The molecule has 0 bridgehead atoms. The van der Waals surface area contributed by atoms with Crippen LogP contribution in [0.1, 0.15) is 54.6 Å². The Morgan fingerprint density at radius 1 is 1.00 bits per heavy atom. The number of hydrogen-bond acceptors (Lipinski definition) is 10. The molecule has 0 spiro atoms. The van der Waals surface area contributed by atoms with Crippen LogP contribution in [0.3, 0.4) is 0 Å². The van der Waals surface area contributed by atoms with Crippen LogP contribution >= 0.6 is 0 Å². The van der Waals surface area contributed by atoms with Crippen LogP contribution in [0.4, 0.5) is 5.82 Å². The first-order valence-electron chi connectivity index (χ1n) is 14.0. The van der Waals surface area contributed by atoms with Crippen molar-refractivity contribution in [3.8, 4) is 16.8 Å². The molecule has 1 aromatic carbocycles. The molecule has 1 aliphatic rings. The Morgan fingerprint density at radius 2 is 1.71 bits per heavy atom. The number of esters is 1. The van der Waals surface area contributed by atoms with Crippen molar-refractivity contribution in [1.29, 1.82) is 0 Å². The first-order chi connectivity index (χ1) is 20.4. The molecule has 0 amide bonds. The van der Waals surface area contributed by atoms with Gasteiger partial charge in [-0.1, -0.05) is 18.2 Å². The quantitative estimate of drug-likeness (QED) is 0.151. The molecule has 0 radical (unpaired) electrons. The Labute approximate surface area is 243 Å². The zero-order chi connectivity index (χ0) is 29.7. The van der Waals surface area contributed by atoms with Gasteiger partial charge in [-0.05, 0) is 44.7 Å². The van der Waals surface area contributed by atoms with E-state index in [1.807, 2.05) is 36.5 Å². The summed E-state index contributed by atoms with van der Waals surface area (Å²) in [4.78, 5) is 31.0. The summed E-state index contributed by atoms with van der Waals surface area (Å²) in [5.41, 5.74) is 9.41. The van der Waals surface area contributed by atoms with Crippen LogP contribution in [-0.2, 0) is 23.7 Å². The molecule has 0 unspecified atom stereocenters. The highest BCUT2D eigenvalue weighted by atomic mass is 16.6. The lowest BCUT2D eigenvalue weighted by atomic mass is 9.76. The van der Waals surface area contributed by atoms with Crippen molar-refractivity contribution >= 4 is 23.2 Å². The zero-order valence-corrected chi connectivity index (χ0v) is 24.1. The molecule has 12 heteroatoms. The molecule has 2 N–H and O–H groups in total. The van der Waals surface area contributed by atoms with Crippen molar-refractivity contribution in [2.45, 2.75) is 44.1 Å². The second kappa shape index (κ2) is 12.8. The van der Waals surface area contributed by atoms with Gasteiger partial charge in [0.25, 0.3) is 0 Å². The van der Waals surface area contributed by atoms with Crippen LogP contribution in [0.25, 0.3) is 22.5 Å². The monoisotopic (exact) mass is 576 g/mol. The zero-order valence-electron chi connectivity index (χ0n) is 24.1. The fourth-order valence-electron chi connectivity index (χ4n) is 5.51. The van der Waals surface area contributed by atoms with E-state index in [2.05, 4.69) is 10.2 Å². The van der Waals surface area contributed by atoms with E-state index >= 15 is 0 Å². The summed E-state index contributed by atoms with van der Waals surface area (Å²) in [6.45, 7) is 2.52. The molecule has 3 aromatic heterocycles. The summed E-state index contributed by atoms with van der Waals surface area (Å²) in [5, 5.41) is 8.98. The molecule has 0 atom stereocenters. The lowest BCUT2D eigenvalue weighted by Gasteiger charge is -2.38. The number of carbonyl (C=O) groups is 2. The predicted octanol–water partition coefficient (Wildman–Crippen LogP) is 3.62. The number of rotatable bonds is 12. The number of nitrogen functional groups attached to an aromatic ring is 1. The molecular formula is C30H36N6O6. The van der Waals surface area contributed by atoms with E-state index in [9.17, 15) is 9.59 Å². The molecular weight excluding hydrogens is 540 g/mol. The second-order valence-electron chi connectivity index (χ2n) is 10.4. The maximum absolute atomic E-state index is 13.2. The van der Waals surface area contributed by atoms with E-state index in [-0.39, 0.29) is 30.7 Å². The summed E-state index contributed by atoms with van der Waals surface area (Å²) >= 11 is 0. The van der Waals surface area contributed by atoms with Crippen molar-refractivity contribution in [3.63, 3.8) is 0 Å². The molecule has 5 rings (SSSR count). The van der Waals surface area contributed by atoms with E-state index in [0.717, 1.165) is 16.8 Å². The summed E-state index contributed by atoms with van der Waals surface area (Å²) in [7, 11) is 3.13. The predicted molar refractivity (Wildman–Crippen MR) is 155 cm³/mol. The highest BCUT2D eigenvalue weighted by Crippen LogP contribution is 2.42. The Kier molecular flexibility index (Phi) is 8.95. The highest BCUT2D eigenvalue weighted by Gasteiger charge is 2.45. The van der Waals surface area contributed by atoms with E-state index < -0.39 is 11.6 Å². The first-order valence-corrected chi connectivity index (χ1v) is 14.0. The smallest absolute Gasteiger partial charge is 0.338 e. The molecule has 1 fully saturated rings. The van der Waals surface area contributed by atoms with Gasteiger partial charge in [-0.3, -0.25) is 4.79 Å². The number of hydrogen-bond donors (Lipinski definition) is 1. The maximum atomic E-state index is 13.2. The Morgan fingerprint density at radius 3 is 2.40 bits per heavy atom. The Balaban J connectivity index is 1.47. The topological polar surface area (TPSA) is 145 Å². The molecule has 12 nitrogen and oxygen atoms in total. The third-order valence-corrected chi connectivity index (χ3v) is 7.72. The standard InChI is InChI=1S/C30H36N6O6/c1-20(37)25-26(21-9-11-30(12-10-21,42-16-14-40-3)29(38)41-15-13-39-2)34-28-24(18-33-36(28)27(25)31)22-17-32-35(19-22)23-7-5-4-6-8-23/h4-8,17-19,21H,9-16,31H2,1-3H3. The van der Waals surface area contributed by atoms with Crippen molar-refractivity contribution in [3.05, 3.63) is 60.2 Å². The number of carbonyl (C=O) groups excluding carboxylic acids is 2. The van der Waals surface area contributed by atoms with Gasteiger partial charge in [0.1, 0.15) is 12.4 Å². The summed E-state index contributed by atoms with van der Waals surface area (Å²) < 4.78 is 25.0. The van der Waals surface area contributed by atoms with Crippen molar-refractivity contribution in [1.82, 2.24) is 24.4 Å². The van der Waals surface area contributed by atoms with Crippen molar-refractivity contribution < 1.29 is 28.5 Å². The number of methoxy groups -OCH3 is 2. The number of fused-ring (bicyclic) bond motifs is 1. The third kappa shape index (κ3) is 5.78. The van der Waals surface area contributed by atoms with Crippen LogP contribution < -0.4 is 5.73 Å². The number of ether oxygens (including phenoxy) is 4. The average molecular weight is 577 g/mol. The van der Waals surface area contributed by atoms with Gasteiger partial charge in [0.05, 0.1) is 49.2 Å². The van der Waals surface area contributed by atoms with Crippen LogP contribution in [0.5, 0.6) is 0 Å². The summed E-state index contributed by atoms with van der Waals surface area (Å²) in [6, 6.07) is 9.78. The lowest BCUT2D eigenvalue weighted by Crippen LogP contribution is -2.46. The fourth-order valence-corrected chi connectivity index (χ4v) is 5.51. The number of nitrogens with two attached hydrogens (primary N) is 1. The maximum Gasteiger partial charge on any atom is 0.338 e. The normalized spacial score (nSPS) is 18.8. The first kappa shape index (κ1) is 29.4. The van der Waals surface area contributed by atoms with Crippen LogP contribution in [-0.4, -0.2) is 82.4 Å². The van der Waals surface area contributed by atoms with Gasteiger partial charge in [0, 0.05) is 37.5 Å². The van der Waals surface area contributed by atoms with Gasteiger partial charge in [-0.25, -0.2) is 14.5 Å². The van der Waals surface area contributed by atoms with Gasteiger partial charge in [0.15, 0.2) is 17.0 Å². The second-order valence-corrected chi connectivity index (χ2v) is 10.4. The molecule has 42 heavy (non-hydrogen) atoms. The van der Waals surface area contributed by atoms with Gasteiger partial charge in [-0.2, -0.15) is 14.7 Å². The van der Waals surface area contributed by atoms with Gasteiger partial charge < -0.3 is 24.7 Å². The molecule has 1 aliphatic carbocycles. The highest BCUT2D eigenvalue weighted by molar-refractivity contribution is 6.00. The number of anilines is 1. The number of nitrogens with zero attached hydrogens (tertiary/aromatic N) is 5. The van der Waals surface area contributed by atoms with Crippen LogP contribution in [0, 0.1) is 0 Å². The van der Waals surface area contributed by atoms with Crippen molar-refractivity contribution in [2.24, 2.45) is 0 Å². The fraction of sp³-hybridized carbons (Fsp3) is 0.433. The van der Waals surface area contributed by atoms with Crippen LogP contribution in [0.15, 0.2) is 48.9 Å². The summed E-state index contributed by atoms with van der Waals surface area (Å²) in [5.74, 6) is -0.511. The van der Waals surface area contributed by atoms with Gasteiger partial charge in [0.2, 0.25) is 0 Å². The number of aromatic nitrogens is 5. The van der Waals surface area contributed by atoms with Gasteiger partial charge >= 0.3 is 5.97 Å². The molecule has 0 saturated heterocycles. The molecule has 3 heterocycles. The van der Waals surface area contributed by atoms with E-state index in [1.54, 1.807) is 31.3 Å². The summed E-state index contributed by atoms with van der Waals surface area (Å²) in [6.07, 6.45) is 7.23. The minimum absolute atomic E-state index is 0.128. The number of Topliss-reactive ketones (excluding diaryl/α,β-unsaturated/α-hetero) is 1. The van der Waals surface area contributed by atoms with E-state index in [4.69, 9.17) is 29.7 Å².